The molecule has 2 saturated heterocycles. The summed E-state index contributed by atoms with van der Waals surface area (Å²) in [7, 11) is 0. The molecule has 0 saturated carbocycles. The molecule has 2 fully saturated rings. The standard InChI is InChI=1S/C18H24N2O3/c1-2-13-5-7-15(8-6-13)20-12-14(10-17(20)21)18(22)19-11-16-4-3-9-23-16/h5-8,14,16H,2-4,9-12H2,1H3,(H,19,22)/t14-,16-/m0/s1. The summed E-state index contributed by atoms with van der Waals surface area (Å²) in [5.41, 5.74) is 2.12. The highest BCUT2D eigenvalue weighted by atomic mass is 16.5. The Kier molecular flexibility index (Phi) is 4.96. The highest BCUT2D eigenvalue weighted by Gasteiger charge is 2.35. The van der Waals surface area contributed by atoms with Gasteiger partial charge in [0.2, 0.25) is 11.8 Å². The van der Waals surface area contributed by atoms with Gasteiger partial charge in [-0.3, -0.25) is 9.59 Å². The van der Waals surface area contributed by atoms with Crippen LogP contribution in [-0.4, -0.2) is 37.6 Å². The minimum atomic E-state index is -0.269. The molecule has 1 N–H and O–H groups in total. The number of carbonyl (C=O) groups excluding carboxylic acids is 2. The highest BCUT2D eigenvalue weighted by Crippen LogP contribution is 2.25. The molecule has 0 radical (unpaired) electrons. The van der Waals surface area contributed by atoms with Gasteiger partial charge in [-0.05, 0) is 37.0 Å². The largest absolute Gasteiger partial charge is 0.376 e. The van der Waals surface area contributed by atoms with Crippen molar-refractivity contribution in [3.05, 3.63) is 29.8 Å². The molecule has 2 aliphatic rings. The highest BCUT2D eigenvalue weighted by molar-refractivity contribution is 6.00. The molecule has 2 atom stereocenters. The molecule has 0 aromatic heterocycles. The van der Waals surface area contributed by atoms with Crippen molar-refractivity contribution < 1.29 is 14.3 Å². The fraction of sp³-hybridized carbons (Fsp3) is 0.556. The van der Waals surface area contributed by atoms with Gasteiger partial charge in [0.05, 0.1) is 12.0 Å². The Balaban J connectivity index is 1.56. The van der Waals surface area contributed by atoms with Crippen LogP contribution >= 0.6 is 0 Å². The molecule has 0 aliphatic carbocycles. The van der Waals surface area contributed by atoms with Gasteiger partial charge in [0.15, 0.2) is 0 Å². The number of aryl methyl sites for hydroxylation is 1. The van der Waals surface area contributed by atoms with Crippen molar-refractivity contribution in [3.63, 3.8) is 0 Å². The van der Waals surface area contributed by atoms with Gasteiger partial charge in [-0.1, -0.05) is 19.1 Å². The van der Waals surface area contributed by atoms with E-state index in [4.69, 9.17) is 4.74 Å². The topological polar surface area (TPSA) is 58.6 Å². The summed E-state index contributed by atoms with van der Waals surface area (Å²) >= 11 is 0. The van der Waals surface area contributed by atoms with Crippen molar-refractivity contribution >= 4 is 17.5 Å². The first kappa shape index (κ1) is 16.0. The number of hydrogen-bond donors (Lipinski definition) is 1. The number of anilines is 1. The average Bonchev–Trinajstić information content (AvgIpc) is 3.22. The Morgan fingerprint density at radius 2 is 2.13 bits per heavy atom. The molecule has 0 unspecified atom stereocenters. The number of hydrogen-bond acceptors (Lipinski definition) is 3. The Morgan fingerprint density at radius 1 is 1.35 bits per heavy atom. The Labute approximate surface area is 137 Å². The second kappa shape index (κ2) is 7.13. The average molecular weight is 316 g/mol. The SMILES string of the molecule is CCc1ccc(N2C[C@@H](C(=O)NC[C@@H]3CCCO3)CC2=O)cc1. The van der Waals surface area contributed by atoms with Gasteiger partial charge in [0, 0.05) is 31.8 Å². The van der Waals surface area contributed by atoms with Crippen LogP contribution in [0.15, 0.2) is 24.3 Å². The van der Waals surface area contributed by atoms with Crippen molar-refractivity contribution in [1.29, 1.82) is 0 Å². The molecule has 0 spiro atoms. The molecule has 5 heteroatoms. The fourth-order valence-electron chi connectivity index (χ4n) is 3.21. The van der Waals surface area contributed by atoms with E-state index in [1.807, 2.05) is 24.3 Å². The number of carbonyl (C=O) groups is 2. The minimum Gasteiger partial charge on any atom is -0.376 e. The lowest BCUT2D eigenvalue weighted by Gasteiger charge is -2.17. The molecule has 1 aromatic carbocycles. The first-order chi connectivity index (χ1) is 11.2. The lowest BCUT2D eigenvalue weighted by molar-refractivity contribution is -0.126. The zero-order valence-electron chi connectivity index (χ0n) is 13.6. The quantitative estimate of drug-likeness (QED) is 0.902. The number of amides is 2. The molecule has 3 rings (SSSR count). The van der Waals surface area contributed by atoms with Crippen LogP contribution in [0, 0.1) is 5.92 Å². The van der Waals surface area contributed by atoms with Crippen molar-refractivity contribution in [2.45, 2.75) is 38.7 Å². The van der Waals surface area contributed by atoms with Crippen LogP contribution in [-0.2, 0) is 20.7 Å². The van der Waals surface area contributed by atoms with Crippen LogP contribution in [0.3, 0.4) is 0 Å². The second-order valence-electron chi connectivity index (χ2n) is 6.31. The Hall–Kier alpha value is -1.88. The summed E-state index contributed by atoms with van der Waals surface area (Å²) in [4.78, 5) is 26.2. The van der Waals surface area contributed by atoms with E-state index in [-0.39, 0.29) is 30.3 Å². The van der Waals surface area contributed by atoms with Crippen molar-refractivity contribution in [2.24, 2.45) is 5.92 Å². The first-order valence-corrected chi connectivity index (χ1v) is 8.46. The van der Waals surface area contributed by atoms with Gasteiger partial charge in [-0.25, -0.2) is 0 Å². The summed E-state index contributed by atoms with van der Waals surface area (Å²) in [5.74, 6) is -0.289. The maximum absolute atomic E-state index is 12.3. The summed E-state index contributed by atoms with van der Waals surface area (Å²) in [6.45, 7) is 3.89. The second-order valence-corrected chi connectivity index (χ2v) is 6.31. The summed E-state index contributed by atoms with van der Waals surface area (Å²) in [6, 6.07) is 7.99. The summed E-state index contributed by atoms with van der Waals surface area (Å²) < 4.78 is 5.51. The Morgan fingerprint density at radius 3 is 2.78 bits per heavy atom. The van der Waals surface area contributed by atoms with E-state index in [1.54, 1.807) is 4.90 Å². The third-order valence-electron chi connectivity index (χ3n) is 4.68. The van der Waals surface area contributed by atoms with E-state index in [0.29, 0.717) is 13.1 Å². The van der Waals surface area contributed by atoms with Gasteiger partial charge in [-0.15, -0.1) is 0 Å². The lowest BCUT2D eigenvalue weighted by Crippen LogP contribution is -2.37. The number of ether oxygens (including phenoxy) is 1. The molecule has 1 aromatic rings. The number of nitrogens with zero attached hydrogens (tertiary/aromatic N) is 1. The van der Waals surface area contributed by atoms with Gasteiger partial charge < -0.3 is 15.0 Å². The molecular weight excluding hydrogens is 292 g/mol. The first-order valence-electron chi connectivity index (χ1n) is 8.46. The maximum atomic E-state index is 12.3. The maximum Gasteiger partial charge on any atom is 0.227 e. The lowest BCUT2D eigenvalue weighted by atomic mass is 10.1. The summed E-state index contributed by atoms with van der Waals surface area (Å²) in [5, 5.41) is 2.93. The molecular formula is C18H24N2O3. The van der Waals surface area contributed by atoms with Crippen LogP contribution in [0.2, 0.25) is 0 Å². The smallest absolute Gasteiger partial charge is 0.227 e. The third-order valence-corrected chi connectivity index (χ3v) is 4.68. The Bertz CT molecular complexity index is 564. The molecule has 124 valence electrons. The van der Waals surface area contributed by atoms with E-state index in [0.717, 1.165) is 31.6 Å². The molecule has 2 amide bonds. The molecule has 2 aliphatic heterocycles. The van der Waals surface area contributed by atoms with Gasteiger partial charge in [0.25, 0.3) is 0 Å². The zero-order chi connectivity index (χ0) is 16.2. The van der Waals surface area contributed by atoms with Gasteiger partial charge in [-0.2, -0.15) is 0 Å². The number of nitrogens with one attached hydrogen (secondary N) is 1. The summed E-state index contributed by atoms with van der Waals surface area (Å²) in [6.07, 6.45) is 3.45. The van der Waals surface area contributed by atoms with Crippen molar-refractivity contribution in [1.82, 2.24) is 5.32 Å². The molecule has 0 bridgehead atoms. The van der Waals surface area contributed by atoms with E-state index >= 15 is 0 Å². The van der Waals surface area contributed by atoms with Gasteiger partial charge >= 0.3 is 0 Å². The third kappa shape index (κ3) is 3.72. The van der Waals surface area contributed by atoms with Crippen molar-refractivity contribution in [2.75, 3.05) is 24.6 Å². The van der Waals surface area contributed by atoms with Crippen LogP contribution in [0.4, 0.5) is 5.69 Å². The van der Waals surface area contributed by atoms with E-state index in [9.17, 15) is 9.59 Å². The number of benzene rings is 1. The minimum absolute atomic E-state index is 0.0199. The van der Waals surface area contributed by atoms with Crippen LogP contribution in [0.1, 0.15) is 31.7 Å². The monoisotopic (exact) mass is 316 g/mol. The van der Waals surface area contributed by atoms with Crippen LogP contribution in [0.25, 0.3) is 0 Å². The molecule has 5 nitrogen and oxygen atoms in total. The normalized spacial score (nSPS) is 24.2. The van der Waals surface area contributed by atoms with Gasteiger partial charge in [0.1, 0.15) is 0 Å². The predicted octanol–water partition coefficient (Wildman–Crippen LogP) is 1.90. The van der Waals surface area contributed by atoms with Crippen LogP contribution in [0.5, 0.6) is 0 Å². The molecule has 23 heavy (non-hydrogen) atoms. The van der Waals surface area contributed by atoms with E-state index in [2.05, 4.69) is 12.2 Å². The van der Waals surface area contributed by atoms with E-state index < -0.39 is 0 Å². The van der Waals surface area contributed by atoms with E-state index in [1.165, 1.54) is 5.56 Å². The predicted molar refractivity (Wildman–Crippen MR) is 88.3 cm³/mol. The van der Waals surface area contributed by atoms with Crippen molar-refractivity contribution in [3.8, 4) is 0 Å². The van der Waals surface area contributed by atoms with Crippen LogP contribution < -0.4 is 10.2 Å². The fourth-order valence-corrected chi connectivity index (χ4v) is 3.21. The molecule has 2 heterocycles. The number of rotatable bonds is 5. The zero-order valence-corrected chi connectivity index (χ0v) is 13.6.